The Morgan fingerprint density at radius 3 is 2.84 bits per heavy atom. The number of amides is 1. The van der Waals surface area contributed by atoms with Gasteiger partial charge in [0.2, 0.25) is 5.91 Å². The molecule has 25 heavy (non-hydrogen) atoms. The number of fused-ring (bicyclic) bond motifs is 1. The van der Waals surface area contributed by atoms with E-state index in [1.165, 1.54) is 30.4 Å². The van der Waals surface area contributed by atoms with E-state index in [9.17, 15) is 4.79 Å². The predicted octanol–water partition coefficient (Wildman–Crippen LogP) is 4.00. The Labute approximate surface area is 149 Å². The summed E-state index contributed by atoms with van der Waals surface area (Å²) in [6, 6.07) is 13.3. The van der Waals surface area contributed by atoms with Crippen molar-refractivity contribution >= 4 is 5.91 Å². The smallest absolute Gasteiger partial charge is 0.234 e. The molecule has 2 unspecified atom stereocenters. The van der Waals surface area contributed by atoms with E-state index in [0.717, 1.165) is 18.6 Å². The highest BCUT2D eigenvalue weighted by molar-refractivity contribution is 5.78. The van der Waals surface area contributed by atoms with Crippen LogP contribution in [0.4, 0.5) is 0 Å². The van der Waals surface area contributed by atoms with Gasteiger partial charge in [-0.15, -0.1) is 0 Å². The molecule has 2 aromatic rings. The number of carbonyl (C=O) groups excluding carboxylic acids is 1. The molecule has 1 amide bonds. The van der Waals surface area contributed by atoms with Gasteiger partial charge in [-0.25, -0.2) is 0 Å². The van der Waals surface area contributed by atoms with Gasteiger partial charge >= 0.3 is 0 Å². The first-order valence-corrected chi connectivity index (χ1v) is 9.38. The third-order valence-corrected chi connectivity index (χ3v) is 5.43. The van der Waals surface area contributed by atoms with Crippen molar-refractivity contribution < 1.29 is 9.21 Å². The molecule has 1 aromatic heterocycles. The predicted molar refractivity (Wildman–Crippen MR) is 97.1 cm³/mol. The molecule has 4 rings (SSSR count). The van der Waals surface area contributed by atoms with E-state index >= 15 is 0 Å². The summed E-state index contributed by atoms with van der Waals surface area (Å²) in [7, 11) is 0. The van der Waals surface area contributed by atoms with Gasteiger partial charge in [0.25, 0.3) is 0 Å². The third kappa shape index (κ3) is 3.64. The number of hydrogen-bond donors (Lipinski definition) is 1. The second-order valence-electron chi connectivity index (χ2n) is 7.31. The lowest BCUT2D eigenvalue weighted by molar-refractivity contribution is -0.123. The molecule has 1 aromatic carbocycles. The van der Waals surface area contributed by atoms with E-state index in [4.69, 9.17) is 4.42 Å². The topological polar surface area (TPSA) is 45.5 Å². The van der Waals surface area contributed by atoms with Gasteiger partial charge in [-0.3, -0.25) is 9.69 Å². The summed E-state index contributed by atoms with van der Waals surface area (Å²) in [5.74, 6) is 0.883. The minimum atomic E-state index is -0.0952. The quantitative estimate of drug-likeness (QED) is 0.866. The maximum Gasteiger partial charge on any atom is 0.234 e. The zero-order valence-electron chi connectivity index (χ0n) is 14.8. The zero-order valence-corrected chi connectivity index (χ0v) is 14.8. The molecule has 0 spiro atoms. The monoisotopic (exact) mass is 338 g/mol. The average molecular weight is 338 g/mol. The van der Waals surface area contributed by atoms with Crippen LogP contribution in [-0.4, -0.2) is 23.4 Å². The molecule has 1 heterocycles. The summed E-state index contributed by atoms with van der Waals surface area (Å²) < 4.78 is 5.40. The van der Waals surface area contributed by atoms with Crippen molar-refractivity contribution in [3.63, 3.8) is 0 Å². The summed E-state index contributed by atoms with van der Waals surface area (Å²) in [5, 5.41) is 3.08. The molecule has 1 N–H and O–H groups in total. The van der Waals surface area contributed by atoms with Crippen LogP contribution in [0.1, 0.15) is 61.6 Å². The van der Waals surface area contributed by atoms with Gasteiger partial charge in [0.05, 0.1) is 18.8 Å². The first-order chi connectivity index (χ1) is 12.2. The number of furan rings is 1. The lowest BCUT2D eigenvalue weighted by Gasteiger charge is -2.36. The van der Waals surface area contributed by atoms with Gasteiger partial charge in [0.1, 0.15) is 5.76 Å². The highest BCUT2D eigenvalue weighted by Crippen LogP contribution is 2.40. The standard InChI is InChI=1S/C21H26N2O2/c1-15(20-10-5-13-25-20)22-21(24)14-23(17-11-12-17)19-9-4-7-16-6-2-3-8-18(16)19/h2-3,5-6,8,10,13,15,17,19H,4,7,9,11-12,14H2,1H3,(H,22,24). The third-order valence-electron chi connectivity index (χ3n) is 5.43. The lowest BCUT2D eigenvalue weighted by Crippen LogP contribution is -2.42. The SMILES string of the molecule is CC(NC(=O)CN(C1CC1)C1CCCc2ccccc21)c1ccco1. The Morgan fingerprint density at radius 1 is 1.24 bits per heavy atom. The number of rotatable bonds is 6. The largest absolute Gasteiger partial charge is 0.467 e. The van der Waals surface area contributed by atoms with Crippen molar-refractivity contribution in [2.45, 2.75) is 57.2 Å². The van der Waals surface area contributed by atoms with Crippen LogP contribution in [0, 0.1) is 0 Å². The van der Waals surface area contributed by atoms with Crippen molar-refractivity contribution in [1.82, 2.24) is 10.2 Å². The van der Waals surface area contributed by atoms with E-state index in [-0.39, 0.29) is 11.9 Å². The molecule has 1 fully saturated rings. The summed E-state index contributed by atoms with van der Waals surface area (Å²) in [6.45, 7) is 2.43. The maximum atomic E-state index is 12.7. The van der Waals surface area contributed by atoms with E-state index in [1.54, 1.807) is 6.26 Å². The molecular weight excluding hydrogens is 312 g/mol. The van der Waals surface area contributed by atoms with Crippen molar-refractivity contribution in [1.29, 1.82) is 0 Å². The van der Waals surface area contributed by atoms with E-state index in [0.29, 0.717) is 18.6 Å². The first kappa shape index (κ1) is 16.4. The number of carbonyl (C=O) groups is 1. The minimum absolute atomic E-state index is 0.0823. The average Bonchev–Trinajstić information content (AvgIpc) is 3.32. The fraction of sp³-hybridized carbons (Fsp3) is 0.476. The fourth-order valence-corrected chi connectivity index (χ4v) is 4.03. The number of aryl methyl sites for hydroxylation is 1. The molecular formula is C21H26N2O2. The van der Waals surface area contributed by atoms with Crippen molar-refractivity contribution in [3.8, 4) is 0 Å². The molecule has 1 saturated carbocycles. The molecule has 0 radical (unpaired) electrons. The second-order valence-corrected chi connectivity index (χ2v) is 7.31. The minimum Gasteiger partial charge on any atom is -0.467 e. The van der Waals surface area contributed by atoms with E-state index in [2.05, 4.69) is 34.5 Å². The van der Waals surface area contributed by atoms with Crippen molar-refractivity contribution in [2.75, 3.05) is 6.54 Å². The Kier molecular flexibility index (Phi) is 4.62. The second kappa shape index (κ2) is 7.04. The Bertz CT molecular complexity index is 721. The van der Waals surface area contributed by atoms with Crippen LogP contribution in [0.5, 0.6) is 0 Å². The lowest BCUT2D eigenvalue weighted by atomic mass is 9.86. The Balaban J connectivity index is 1.46. The Morgan fingerprint density at radius 2 is 2.08 bits per heavy atom. The fourth-order valence-electron chi connectivity index (χ4n) is 4.03. The number of nitrogens with one attached hydrogen (secondary N) is 1. The van der Waals surface area contributed by atoms with Crippen molar-refractivity contribution in [2.24, 2.45) is 0 Å². The highest BCUT2D eigenvalue weighted by atomic mass is 16.3. The van der Waals surface area contributed by atoms with Crippen LogP contribution in [-0.2, 0) is 11.2 Å². The van der Waals surface area contributed by atoms with Crippen LogP contribution in [0.2, 0.25) is 0 Å². The van der Waals surface area contributed by atoms with Crippen LogP contribution >= 0.6 is 0 Å². The van der Waals surface area contributed by atoms with Gasteiger partial charge in [-0.1, -0.05) is 24.3 Å². The van der Waals surface area contributed by atoms with Gasteiger partial charge in [-0.2, -0.15) is 0 Å². The molecule has 2 atom stereocenters. The number of nitrogens with zero attached hydrogens (tertiary/aromatic N) is 1. The van der Waals surface area contributed by atoms with Crippen LogP contribution in [0.25, 0.3) is 0 Å². The zero-order chi connectivity index (χ0) is 17.2. The van der Waals surface area contributed by atoms with E-state index in [1.807, 2.05) is 19.1 Å². The molecule has 4 heteroatoms. The summed E-state index contributed by atoms with van der Waals surface area (Å²) in [4.78, 5) is 15.1. The molecule has 4 nitrogen and oxygen atoms in total. The van der Waals surface area contributed by atoms with Gasteiger partial charge in [0.15, 0.2) is 0 Å². The summed E-state index contributed by atoms with van der Waals surface area (Å²) >= 11 is 0. The molecule has 0 aliphatic heterocycles. The molecule has 2 aliphatic carbocycles. The van der Waals surface area contributed by atoms with Crippen LogP contribution in [0.3, 0.4) is 0 Å². The van der Waals surface area contributed by atoms with Gasteiger partial charge in [-0.05, 0) is 62.3 Å². The van der Waals surface area contributed by atoms with E-state index < -0.39 is 0 Å². The molecule has 0 saturated heterocycles. The van der Waals surface area contributed by atoms with Crippen LogP contribution < -0.4 is 5.32 Å². The van der Waals surface area contributed by atoms with Crippen LogP contribution in [0.15, 0.2) is 47.1 Å². The number of benzene rings is 1. The van der Waals surface area contributed by atoms with Crippen molar-refractivity contribution in [3.05, 3.63) is 59.5 Å². The molecule has 2 aliphatic rings. The first-order valence-electron chi connectivity index (χ1n) is 9.38. The van der Waals surface area contributed by atoms with Gasteiger partial charge < -0.3 is 9.73 Å². The highest BCUT2D eigenvalue weighted by Gasteiger charge is 2.37. The summed E-state index contributed by atoms with van der Waals surface area (Å²) in [5.41, 5.74) is 2.88. The normalized spacial score (nSPS) is 21.0. The maximum absolute atomic E-state index is 12.7. The Hall–Kier alpha value is -2.07. The number of hydrogen-bond acceptors (Lipinski definition) is 3. The van der Waals surface area contributed by atoms with Gasteiger partial charge in [0, 0.05) is 12.1 Å². The molecule has 132 valence electrons. The molecule has 0 bridgehead atoms. The summed E-state index contributed by atoms with van der Waals surface area (Å²) in [6.07, 6.45) is 7.57.